The van der Waals surface area contributed by atoms with Gasteiger partial charge in [-0.1, -0.05) is 0 Å². The van der Waals surface area contributed by atoms with Gasteiger partial charge in [-0.05, 0) is 92.9 Å². The number of aliphatic hydroxyl groups excluding tert-OH is 7. The van der Waals surface area contributed by atoms with Gasteiger partial charge in [-0.3, -0.25) is 81.5 Å². The molecule has 53 nitrogen and oxygen atoms in total. The molecule has 13 amide bonds. The topological polar surface area (TPSA) is 816 Å². The van der Waals surface area contributed by atoms with Gasteiger partial charge in [0.2, 0.25) is 76.8 Å². The Morgan fingerprint density at radius 2 is 0.921 bits per heavy atom. The number of hydrogen-bond donors (Lipinski definition) is 26. The van der Waals surface area contributed by atoms with E-state index in [9.17, 15) is 148 Å². The van der Waals surface area contributed by atoms with Crippen molar-refractivity contribution in [1.29, 1.82) is 0 Å². The second-order valence-corrected chi connectivity index (χ2v) is 30.8. The summed E-state index contributed by atoms with van der Waals surface area (Å²) in [6.45, 7) is 5.72. The summed E-state index contributed by atoms with van der Waals surface area (Å²) >= 11 is 0. The average molecular weight is 1830 g/mol. The van der Waals surface area contributed by atoms with Gasteiger partial charge in [0.1, 0.15) is 170 Å². The minimum Gasteiger partial charge on any atom is -0.491 e. The van der Waals surface area contributed by atoms with Crippen molar-refractivity contribution < 1.29 is 190 Å². The zero-order chi connectivity index (χ0) is 95.5. The van der Waals surface area contributed by atoms with Gasteiger partial charge in [0.25, 0.3) is 0 Å². The van der Waals surface area contributed by atoms with E-state index >= 15 is 0 Å². The maximum atomic E-state index is 14.6. The number of aliphatic hydroxyl groups is 7. The molecule has 0 aliphatic carbocycles. The maximum Gasteiger partial charge on any atom is 0.326 e. The van der Waals surface area contributed by atoms with E-state index in [0.29, 0.717) is 0 Å². The SMILES string of the molecule is CC(=O)NC1=COC(CO)C2OC3OC(CO)C(OC4OC(CO)C(OC5OC(CO)C(O)C(O)C5NC(C)=O)C(OC(C)C(=O)NC(C)C(=O)NC(CCC(=O)O)C(=O)NC(CCCC(N)C(=O)O)C(=O)NC(C)C(=O)NC(C(=O)O)CCCC(C(=O)NC(C)C(=O)O)NC(=O)C(CCC(=O)O)NC(=O)C(C)NC(=O)C(C)OC12)C4NC(C)=O)C(O)C3NC(C)=O. The van der Waals surface area contributed by atoms with Gasteiger partial charge < -0.3 is 179 Å². The third-order valence-corrected chi connectivity index (χ3v) is 20.6. The quantitative estimate of drug-likeness (QED) is 0.0377. The van der Waals surface area contributed by atoms with E-state index < -0.39 is 367 Å². The van der Waals surface area contributed by atoms with Crippen molar-refractivity contribution in [3.8, 4) is 0 Å². The summed E-state index contributed by atoms with van der Waals surface area (Å²) in [5, 5.41) is 158. The van der Waals surface area contributed by atoms with Crippen LogP contribution in [0.15, 0.2) is 12.0 Å². The van der Waals surface area contributed by atoms with Crippen LogP contribution in [0, 0.1) is 0 Å². The van der Waals surface area contributed by atoms with Gasteiger partial charge in [0.05, 0.1) is 32.1 Å². The maximum absolute atomic E-state index is 14.6. The van der Waals surface area contributed by atoms with Crippen LogP contribution in [0.4, 0.5) is 0 Å². The predicted molar refractivity (Wildman–Crippen MR) is 418 cm³/mol. The second kappa shape index (κ2) is 50.2. The molecule has 6 heterocycles. The highest BCUT2D eigenvalue weighted by Crippen LogP contribution is 2.37. The zero-order valence-corrected chi connectivity index (χ0v) is 70.8. The van der Waals surface area contributed by atoms with E-state index in [2.05, 4.69) is 69.1 Å². The average Bonchev–Trinajstić information content (AvgIpc) is 0.759. The number of carboxylic acid groups (broad SMARTS) is 5. The van der Waals surface area contributed by atoms with Crippen molar-refractivity contribution in [1.82, 2.24) is 69.1 Å². The standard InChI is InChI=1S/C74H116N14O39/c1-26-60(104)85-40(18-20-48(99)100)68(112)87-38(66(110)79-29(4)69(113)114)15-12-16-41(71(117)118)88-62(106)28(3)78-65(109)37(14-11-13-36(75)70(115)116)86-67(111)39(17-19-47(97)98)84-61(105)27(2)77-64(108)31(6)121-59-51(83-35(10)96)74(124-46(24-92)58(59)127-72-49(81-33(8)94)53(102)52(101)43(21-89)122-72)125-56-45(23-91)123-73(50(54(56)103)82-34(9)95)126-57-44(22-90)119-25-42(80-32(7)93)55(57)120-30(5)63(107)76-26/h25-31,36-41,43-46,49-59,72-74,89-92,101-103H,11-24,75H2,1-10H3,(H,76,107)(H,77,108)(H,78,109)(H,79,110)(H,80,93)(H,81,94)(H,82,95)(H,83,96)(H,84,105)(H,85,104)(H,86,111)(H,87,112)(H,88,106)(H,97,98)(H,99,100)(H,113,114)(H,115,116)(H,117,118). The Balaban J connectivity index is 1.70. The number of fused-ring (bicyclic) bond motifs is 32. The Morgan fingerprint density at radius 1 is 0.472 bits per heavy atom. The minimum absolute atomic E-state index is 0.290. The lowest BCUT2D eigenvalue weighted by atomic mass is 9.93. The van der Waals surface area contributed by atoms with E-state index in [-0.39, 0.29) is 18.5 Å². The molecule has 0 aromatic rings. The largest absolute Gasteiger partial charge is 0.491 e. The number of nitrogens with one attached hydrogen (secondary N) is 13. The lowest BCUT2D eigenvalue weighted by molar-refractivity contribution is -0.361. The molecule has 30 unspecified atom stereocenters. The fourth-order valence-corrected chi connectivity index (χ4v) is 13.7. The zero-order valence-electron chi connectivity index (χ0n) is 70.8. The van der Waals surface area contributed by atoms with Crippen LogP contribution in [0.3, 0.4) is 0 Å². The Bertz CT molecular complexity index is 3920. The first-order chi connectivity index (χ1) is 59.6. The molecule has 0 saturated carbocycles. The number of carbonyl (C=O) groups is 18. The first-order valence-corrected chi connectivity index (χ1v) is 40.3. The number of nitrogens with two attached hydrogens (primary N) is 1. The fourth-order valence-electron chi connectivity index (χ4n) is 13.7. The molecule has 30 atom stereocenters. The monoisotopic (exact) mass is 1820 g/mol. The third kappa shape index (κ3) is 31.7. The molecule has 4 bridgehead atoms. The molecular weight excluding hydrogens is 1710 g/mol. The molecule has 0 aromatic heterocycles. The van der Waals surface area contributed by atoms with Crippen LogP contribution in [0.2, 0.25) is 0 Å². The Hall–Kier alpha value is -10.6. The van der Waals surface area contributed by atoms with Crippen molar-refractivity contribution in [2.24, 2.45) is 5.73 Å². The van der Waals surface area contributed by atoms with Crippen molar-refractivity contribution in [2.45, 2.75) is 316 Å². The first kappa shape index (κ1) is 107. The third-order valence-electron chi connectivity index (χ3n) is 20.6. The molecule has 6 rings (SSSR count). The number of carbonyl (C=O) groups excluding carboxylic acids is 13. The second-order valence-electron chi connectivity index (χ2n) is 30.8. The van der Waals surface area contributed by atoms with Crippen molar-refractivity contribution in [3.05, 3.63) is 12.0 Å². The van der Waals surface area contributed by atoms with Gasteiger partial charge in [0.15, 0.2) is 18.9 Å². The molecular formula is C74H116N14O39. The van der Waals surface area contributed by atoms with E-state index in [4.69, 9.17) is 48.4 Å². The van der Waals surface area contributed by atoms with E-state index in [0.717, 1.165) is 75.5 Å². The minimum atomic E-state index is -2.26. The van der Waals surface area contributed by atoms with E-state index in [1.165, 1.54) is 0 Å². The highest BCUT2D eigenvalue weighted by atomic mass is 16.8. The molecule has 5 saturated heterocycles. The summed E-state index contributed by atoms with van der Waals surface area (Å²) in [5.41, 5.74) is 5.36. The van der Waals surface area contributed by atoms with Gasteiger partial charge in [-0.25, -0.2) is 4.79 Å². The molecule has 0 spiro atoms. The van der Waals surface area contributed by atoms with Crippen LogP contribution in [0.1, 0.15) is 133 Å². The number of carboxylic acids is 5. The number of rotatable bonds is 25. The predicted octanol–water partition coefficient (Wildman–Crippen LogP) is -12.1. The smallest absolute Gasteiger partial charge is 0.326 e. The van der Waals surface area contributed by atoms with E-state index in [1.54, 1.807) is 0 Å². The number of ether oxygens (including phenoxy) is 9. The van der Waals surface area contributed by atoms with Gasteiger partial charge in [0, 0.05) is 40.5 Å². The van der Waals surface area contributed by atoms with Crippen molar-refractivity contribution >= 4 is 107 Å². The number of aliphatic carboxylic acids is 5. The summed E-state index contributed by atoms with van der Waals surface area (Å²) in [6.07, 6.45) is -38.7. The molecule has 27 N–H and O–H groups in total. The number of amides is 13. The van der Waals surface area contributed by atoms with Crippen molar-refractivity contribution in [3.63, 3.8) is 0 Å². The summed E-state index contributed by atoms with van der Waals surface area (Å²) < 4.78 is 56.0. The molecule has 6 aliphatic rings. The summed E-state index contributed by atoms with van der Waals surface area (Å²) in [5.74, 6) is -22.9. The van der Waals surface area contributed by atoms with Gasteiger partial charge >= 0.3 is 29.8 Å². The van der Waals surface area contributed by atoms with Crippen LogP contribution < -0.4 is 74.9 Å². The number of hydrogen-bond acceptors (Lipinski definition) is 35. The Labute approximate surface area is 724 Å². The Kier molecular flexibility index (Phi) is 42.3. The molecule has 127 heavy (non-hydrogen) atoms. The van der Waals surface area contributed by atoms with Crippen LogP contribution >= 0.6 is 0 Å². The van der Waals surface area contributed by atoms with Gasteiger partial charge in [-0.2, -0.15) is 0 Å². The van der Waals surface area contributed by atoms with Crippen LogP contribution in [-0.2, 0) is 129 Å². The summed E-state index contributed by atoms with van der Waals surface area (Å²) in [6, 6.07) is -23.8. The molecule has 6 aliphatic heterocycles. The normalized spacial score (nSPS) is 34.0. The molecule has 53 heteroatoms. The summed E-state index contributed by atoms with van der Waals surface area (Å²) in [4.78, 5) is 241. The highest BCUT2D eigenvalue weighted by molar-refractivity contribution is 5.98. The van der Waals surface area contributed by atoms with Crippen LogP contribution in [0.25, 0.3) is 0 Å². The first-order valence-electron chi connectivity index (χ1n) is 40.3. The molecule has 0 aromatic carbocycles. The van der Waals surface area contributed by atoms with Gasteiger partial charge in [-0.15, -0.1) is 0 Å². The fraction of sp³-hybridized carbons (Fsp3) is 0.730. The molecule has 0 radical (unpaired) electrons. The lowest BCUT2D eigenvalue weighted by Crippen LogP contribution is -2.72. The Morgan fingerprint density at radius 3 is 1.43 bits per heavy atom. The van der Waals surface area contributed by atoms with Crippen molar-refractivity contribution in [2.75, 3.05) is 26.4 Å². The lowest BCUT2D eigenvalue weighted by Gasteiger charge is -2.51. The summed E-state index contributed by atoms with van der Waals surface area (Å²) in [7, 11) is 0. The van der Waals surface area contributed by atoms with E-state index in [1.807, 2.05) is 0 Å². The molecule has 716 valence electrons. The van der Waals surface area contributed by atoms with Crippen LogP contribution in [0.5, 0.6) is 0 Å². The highest BCUT2D eigenvalue weighted by Gasteiger charge is 2.58. The molecule has 5 fully saturated rings. The van der Waals surface area contributed by atoms with Crippen LogP contribution in [-0.4, -0.2) is 377 Å².